The molecule has 0 aliphatic carbocycles. The molecule has 1 N–H and O–H groups in total. The molecule has 0 aliphatic heterocycles. The SMILES string of the molecule is CCOc1ccccc1N(CC(=O)NCc1ccc(OC)c(OC)c1OC)S(=O)(=O)c1ccc(Cl)cc1. The molecule has 0 atom stereocenters. The quantitative estimate of drug-likeness (QED) is 0.360. The predicted octanol–water partition coefficient (Wildman–Crippen LogP) is 4.28. The number of benzene rings is 3. The van der Waals surface area contributed by atoms with Gasteiger partial charge in [-0.25, -0.2) is 8.42 Å². The number of sulfonamides is 1. The molecule has 0 spiro atoms. The fourth-order valence-corrected chi connectivity index (χ4v) is 5.21. The van der Waals surface area contributed by atoms with Gasteiger partial charge < -0.3 is 24.3 Å². The van der Waals surface area contributed by atoms with Crippen molar-refractivity contribution in [3.63, 3.8) is 0 Å². The van der Waals surface area contributed by atoms with Crippen molar-refractivity contribution in [2.45, 2.75) is 18.4 Å². The lowest BCUT2D eigenvalue weighted by atomic mass is 10.1. The zero-order valence-electron chi connectivity index (χ0n) is 21.0. The third kappa shape index (κ3) is 6.39. The number of rotatable bonds is 12. The third-order valence-corrected chi connectivity index (χ3v) is 7.41. The molecule has 0 unspecified atom stereocenters. The molecule has 9 nitrogen and oxygen atoms in total. The van der Waals surface area contributed by atoms with Crippen LogP contribution in [0.15, 0.2) is 65.6 Å². The van der Waals surface area contributed by atoms with E-state index in [9.17, 15) is 13.2 Å². The number of hydrogen-bond donors (Lipinski definition) is 1. The first-order chi connectivity index (χ1) is 17.8. The largest absolute Gasteiger partial charge is 0.493 e. The van der Waals surface area contributed by atoms with Crippen LogP contribution in [-0.2, 0) is 21.4 Å². The number of carbonyl (C=O) groups excluding carboxylic acids is 1. The van der Waals surface area contributed by atoms with Crippen LogP contribution < -0.4 is 28.6 Å². The highest BCUT2D eigenvalue weighted by atomic mass is 35.5. The van der Waals surface area contributed by atoms with Crippen LogP contribution in [0.5, 0.6) is 23.0 Å². The summed E-state index contributed by atoms with van der Waals surface area (Å²) in [6.07, 6.45) is 0. The summed E-state index contributed by atoms with van der Waals surface area (Å²) in [5.41, 5.74) is 0.855. The number of nitrogens with zero attached hydrogens (tertiary/aromatic N) is 1. The van der Waals surface area contributed by atoms with Crippen LogP contribution in [-0.4, -0.2) is 48.8 Å². The highest BCUT2D eigenvalue weighted by Crippen LogP contribution is 2.39. The van der Waals surface area contributed by atoms with Crippen molar-refractivity contribution in [2.75, 3.05) is 38.8 Å². The average Bonchev–Trinajstić information content (AvgIpc) is 2.90. The van der Waals surface area contributed by atoms with Crippen molar-refractivity contribution in [1.82, 2.24) is 5.32 Å². The molecule has 3 aromatic rings. The number of para-hydroxylation sites is 2. The molecule has 0 aromatic heterocycles. The van der Waals surface area contributed by atoms with Gasteiger partial charge in [-0.15, -0.1) is 0 Å². The number of halogens is 1. The molecular formula is C26H29ClN2O7S. The summed E-state index contributed by atoms with van der Waals surface area (Å²) in [7, 11) is 0.323. The van der Waals surface area contributed by atoms with E-state index in [2.05, 4.69) is 5.32 Å². The topological polar surface area (TPSA) is 103 Å². The van der Waals surface area contributed by atoms with E-state index in [-0.39, 0.29) is 17.1 Å². The lowest BCUT2D eigenvalue weighted by Crippen LogP contribution is -2.41. The standard InChI is InChI=1S/C26H29ClN2O7S/c1-5-36-22-9-7-6-8-21(22)29(37(31,32)20-13-11-19(27)12-14-20)17-24(30)28-16-18-10-15-23(33-2)26(35-4)25(18)34-3/h6-15H,5,16-17H2,1-4H3,(H,28,30). The molecule has 0 bridgehead atoms. The Morgan fingerprint density at radius 3 is 2.19 bits per heavy atom. The van der Waals surface area contributed by atoms with Crippen LogP contribution in [0.1, 0.15) is 12.5 Å². The second-order valence-corrected chi connectivity index (χ2v) is 9.94. The van der Waals surface area contributed by atoms with Crippen molar-refractivity contribution in [2.24, 2.45) is 0 Å². The number of ether oxygens (including phenoxy) is 4. The lowest BCUT2D eigenvalue weighted by Gasteiger charge is -2.26. The molecule has 3 rings (SSSR count). The predicted molar refractivity (Wildman–Crippen MR) is 142 cm³/mol. The Kier molecular flexibility index (Phi) is 9.48. The second kappa shape index (κ2) is 12.6. The Morgan fingerprint density at radius 1 is 0.892 bits per heavy atom. The number of methoxy groups -OCH3 is 3. The van der Waals surface area contributed by atoms with Gasteiger partial charge >= 0.3 is 0 Å². The Bertz CT molecular complexity index is 1330. The van der Waals surface area contributed by atoms with Gasteiger partial charge in [-0.3, -0.25) is 9.10 Å². The molecule has 0 saturated heterocycles. The van der Waals surface area contributed by atoms with Gasteiger partial charge in [0.25, 0.3) is 10.0 Å². The number of amides is 1. The van der Waals surface area contributed by atoms with Gasteiger partial charge in [0.1, 0.15) is 12.3 Å². The van der Waals surface area contributed by atoms with Crippen LogP contribution in [0.25, 0.3) is 0 Å². The molecule has 1 amide bonds. The molecule has 0 saturated carbocycles. The van der Waals surface area contributed by atoms with Gasteiger partial charge in [0, 0.05) is 17.1 Å². The fraction of sp³-hybridized carbons (Fsp3) is 0.269. The van der Waals surface area contributed by atoms with Gasteiger partial charge in [-0.1, -0.05) is 23.7 Å². The third-order valence-electron chi connectivity index (χ3n) is 5.38. The van der Waals surface area contributed by atoms with Crippen LogP contribution in [0.4, 0.5) is 5.69 Å². The zero-order chi connectivity index (χ0) is 27.0. The van der Waals surface area contributed by atoms with E-state index < -0.39 is 22.5 Å². The highest BCUT2D eigenvalue weighted by molar-refractivity contribution is 7.92. The first-order valence-electron chi connectivity index (χ1n) is 11.3. The molecule has 0 aliphatic rings. The van der Waals surface area contributed by atoms with Gasteiger partial charge in [0.15, 0.2) is 11.5 Å². The summed E-state index contributed by atoms with van der Waals surface area (Å²) in [6.45, 7) is 1.67. The Balaban J connectivity index is 1.93. The number of anilines is 1. The monoisotopic (exact) mass is 548 g/mol. The van der Waals surface area contributed by atoms with Crippen LogP contribution in [0.2, 0.25) is 5.02 Å². The van der Waals surface area contributed by atoms with E-state index in [0.717, 1.165) is 4.31 Å². The number of nitrogens with one attached hydrogen (secondary N) is 1. The molecule has 0 fully saturated rings. The minimum absolute atomic E-state index is 0.0161. The first-order valence-corrected chi connectivity index (χ1v) is 13.1. The minimum atomic E-state index is -4.15. The summed E-state index contributed by atoms with van der Waals surface area (Å²) in [5.74, 6) is 1.04. The Morgan fingerprint density at radius 2 is 1.57 bits per heavy atom. The number of carbonyl (C=O) groups is 1. The van der Waals surface area contributed by atoms with E-state index >= 15 is 0 Å². The first kappa shape index (κ1) is 27.9. The van der Waals surface area contributed by atoms with Crippen molar-refractivity contribution in [3.8, 4) is 23.0 Å². The van der Waals surface area contributed by atoms with Crippen LogP contribution in [0, 0.1) is 0 Å². The summed E-state index contributed by atoms with van der Waals surface area (Å²) in [6, 6.07) is 15.8. The normalized spacial score (nSPS) is 10.9. The summed E-state index contributed by atoms with van der Waals surface area (Å²) in [4.78, 5) is 13.1. The van der Waals surface area contributed by atoms with E-state index in [1.165, 1.54) is 45.6 Å². The maximum absolute atomic E-state index is 13.7. The molecule has 198 valence electrons. The maximum Gasteiger partial charge on any atom is 0.264 e. The average molecular weight is 549 g/mol. The molecule has 37 heavy (non-hydrogen) atoms. The smallest absolute Gasteiger partial charge is 0.264 e. The van der Waals surface area contributed by atoms with Crippen LogP contribution in [0.3, 0.4) is 0 Å². The van der Waals surface area contributed by atoms with Crippen LogP contribution >= 0.6 is 11.6 Å². The number of hydrogen-bond acceptors (Lipinski definition) is 7. The minimum Gasteiger partial charge on any atom is -0.493 e. The van der Waals surface area contributed by atoms with Gasteiger partial charge in [0.05, 0.1) is 38.5 Å². The Hall–Kier alpha value is -3.63. The van der Waals surface area contributed by atoms with E-state index in [1.54, 1.807) is 43.3 Å². The van der Waals surface area contributed by atoms with E-state index in [0.29, 0.717) is 40.2 Å². The zero-order valence-corrected chi connectivity index (χ0v) is 22.6. The maximum atomic E-state index is 13.7. The van der Waals surface area contributed by atoms with E-state index in [4.69, 9.17) is 30.5 Å². The van der Waals surface area contributed by atoms with Gasteiger partial charge in [-0.05, 0) is 55.5 Å². The van der Waals surface area contributed by atoms with Crippen molar-refractivity contribution in [1.29, 1.82) is 0 Å². The van der Waals surface area contributed by atoms with Gasteiger partial charge in [-0.2, -0.15) is 0 Å². The lowest BCUT2D eigenvalue weighted by molar-refractivity contribution is -0.119. The summed E-state index contributed by atoms with van der Waals surface area (Å²) >= 11 is 5.95. The summed E-state index contributed by atoms with van der Waals surface area (Å²) < 4.78 is 50.1. The van der Waals surface area contributed by atoms with E-state index in [1.807, 2.05) is 0 Å². The van der Waals surface area contributed by atoms with Crippen molar-refractivity contribution >= 4 is 33.2 Å². The molecule has 0 radical (unpaired) electrons. The second-order valence-electron chi connectivity index (χ2n) is 7.64. The molecule has 11 heteroatoms. The molecule has 0 heterocycles. The summed E-state index contributed by atoms with van der Waals surface area (Å²) in [5, 5.41) is 3.15. The fourth-order valence-electron chi connectivity index (χ4n) is 3.66. The Labute approximate surface area is 221 Å². The van der Waals surface area contributed by atoms with Gasteiger partial charge in [0.2, 0.25) is 11.7 Å². The molecular weight excluding hydrogens is 520 g/mol. The van der Waals surface area contributed by atoms with Crippen molar-refractivity contribution in [3.05, 3.63) is 71.2 Å². The van der Waals surface area contributed by atoms with Crippen molar-refractivity contribution < 1.29 is 32.2 Å². The highest BCUT2D eigenvalue weighted by Gasteiger charge is 2.29. The molecule has 3 aromatic carbocycles.